The Bertz CT molecular complexity index is 957. The van der Waals surface area contributed by atoms with E-state index in [-0.39, 0.29) is 17.5 Å². The first-order valence-corrected chi connectivity index (χ1v) is 11.3. The average Bonchev–Trinajstić information content (AvgIpc) is 3.19. The molecule has 1 amide bonds. The molecule has 0 fully saturated rings. The van der Waals surface area contributed by atoms with Gasteiger partial charge in [-0.1, -0.05) is 44.0 Å². The minimum atomic E-state index is -0.195. The third-order valence-electron chi connectivity index (χ3n) is 5.29. The second-order valence-corrected chi connectivity index (χ2v) is 8.21. The molecule has 6 nitrogen and oxygen atoms in total. The van der Waals surface area contributed by atoms with Gasteiger partial charge in [0.1, 0.15) is 17.3 Å². The van der Waals surface area contributed by atoms with Gasteiger partial charge < -0.3 is 14.4 Å². The maximum absolute atomic E-state index is 13.0. The summed E-state index contributed by atoms with van der Waals surface area (Å²) in [5.41, 5.74) is 1.37. The standard InChI is InChI=1S/C15H22N4O2.C9H10ClF/c1-4-17(3)7-5-6-15(21)18-8-9-19-13(12(2)20)10-16-14(19)11-18;1-2-3-7-4-5-8(10)6-9(7)11/h5-6,10H,4,7-9,11H2,1-3H3;4-6H,2-3H2,1H3/b6-5+;. The molecule has 1 aromatic carbocycles. The summed E-state index contributed by atoms with van der Waals surface area (Å²) >= 11 is 5.58. The number of nitrogens with zero attached hydrogens (tertiary/aromatic N) is 4. The van der Waals surface area contributed by atoms with Gasteiger partial charge >= 0.3 is 0 Å². The van der Waals surface area contributed by atoms with Crippen molar-refractivity contribution in [2.45, 2.75) is 46.7 Å². The fraction of sp³-hybridized carbons (Fsp3) is 0.458. The highest BCUT2D eigenvalue weighted by atomic mass is 35.5. The Morgan fingerprint density at radius 2 is 2.03 bits per heavy atom. The minimum Gasteiger partial charge on any atom is -0.330 e. The molecule has 0 bridgehead atoms. The van der Waals surface area contributed by atoms with Gasteiger partial charge in [0.2, 0.25) is 5.91 Å². The van der Waals surface area contributed by atoms with E-state index in [1.807, 2.05) is 24.6 Å². The Kier molecular flexibility index (Phi) is 10.1. The number of fused-ring (bicyclic) bond motifs is 1. The summed E-state index contributed by atoms with van der Waals surface area (Å²) in [5.74, 6) is 0.590. The molecule has 2 aromatic rings. The molecule has 1 aliphatic heterocycles. The Hall–Kier alpha value is -2.51. The lowest BCUT2D eigenvalue weighted by Gasteiger charge is -2.27. The first-order valence-electron chi connectivity index (χ1n) is 10.9. The van der Waals surface area contributed by atoms with Crippen LogP contribution in [0.2, 0.25) is 5.02 Å². The Labute approximate surface area is 194 Å². The molecule has 0 unspecified atom stereocenters. The van der Waals surface area contributed by atoms with Gasteiger partial charge in [-0.05, 0) is 37.7 Å². The molecule has 0 N–H and O–H groups in total. The highest BCUT2D eigenvalue weighted by Gasteiger charge is 2.23. The monoisotopic (exact) mass is 462 g/mol. The van der Waals surface area contributed by atoms with Crippen LogP contribution in [0, 0.1) is 5.82 Å². The first-order chi connectivity index (χ1) is 15.3. The molecule has 0 spiro atoms. The van der Waals surface area contributed by atoms with Crippen molar-refractivity contribution in [3.63, 3.8) is 0 Å². The van der Waals surface area contributed by atoms with Gasteiger partial charge in [0.25, 0.3) is 0 Å². The van der Waals surface area contributed by atoms with Crippen LogP contribution in [0.5, 0.6) is 0 Å². The van der Waals surface area contributed by atoms with Crippen LogP contribution in [0.4, 0.5) is 4.39 Å². The van der Waals surface area contributed by atoms with E-state index >= 15 is 0 Å². The number of carbonyl (C=O) groups excluding carboxylic acids is 2. The van der Waals surface area contributed by atoms with Gasteiger partial charge in [0, 0.05) is 37.7 Å². The van der Waals surface area contributed by atoms with Crippen molar-refractivity contribution < 1.29 is 14.0 Å². The van der Waals surface area contributed by atoms with E-state index in [2.05, 4.69) is 16.8 Å². The number of imidazole rings is 1. The fourth-order valence-electron chi connectivity index (χ4n) is 3.29. The van der Waals surface area contributed by atoms with Crippen LogP contribution in [0.1, 0.15) is 49.1 Å². The summed E-state index contributed by atoms with van der Waals surface area (Å²) < 4.78 is 14.9. The van der Waals surface area contributed by atoms with E-state index in [0.29, 0.717) is 30.4 Å². The molecule has 2 heterocycles. The second-order valence-electron chi connectivity index (χ2n) is 7.77. The topological polar surface area (TPSA) is 58.4 Å². The quantitative estimate of drug-likeness (QED) is 0.453. The molecule has 0 atom stereocenters. The number of halogens is 2. The number of Topliss-reactive ketones (excluding diaryl/α,β-unsaturated/α-hetero) is 1. The van der Waals surface area contributed by atoms with E-state index in [1.54, 1.807) is 29.3 Å². The largest absolute Gasteiger partial charge is 0.330 e. The van der Waals surface area contributed by atoms with Crippen molar-refractivity contribution in [1.29, 1.82) is 0 Å². The van der Waals surface area contributed by atoms with Crippen molar-refractivity contribution in [3.8, 4) is 0 Å². The molecule has 0 radical (unpaired) electrons. The molecule has 1 aromatic heterocycles. The van der Waals surface area contributed by atoms with Crippen LogP contribution in [0.3, 0.4) is 0 Å². The number of aryl methyl sites for hydroxylation is 1. The normalized spacial score (nSPS) is 13.2. The maximum atomic E-state index is 13.0. The molecule has 32 heavy (non-hydrogen) atoms. The third-order valence-corrected chi connectivity index (χ3v) is 5.52. The van der Waals surface area contributed by atoms with E-state index in [9.17, 15) is 14.0 Å². The number of likely N-dealkylation sites (N-methyl/N-ethyl adjacent to an activating group) is 1. The average molecular weight is 463 g/mol. The molecule has 8 heteroatoms. The Morgan fingerprint density at radius 3 is 2.66 bits per heavy atom. The van der Waals surface area contributed by atoms with Crippen molar-refractivity contribution in [1.82, 2.24) is 19.4 Å². The molecule has 3 rings (SSSR count). The molecule has 174 valence electrons. The lowest BCUT2D eigenvalue weighted by atomic mass is 10.1. The van der Waals surface area contributed by atoms with Gasteiger partial charge in [-0.3, -0.25) is 9.59 Å². The number of aromatic nitrogens is 2. The summed E-state index contributed by atoms with van der Waals surface area (Å²) in [6.45, 7) is 9.04. The summed E-state index contributed by atoms with van der Waals surface area (Å²) in [4.78, 5) is 31.7. The number of hydrogen-bond donors (Lipinski definition) is 0. The van der Waals surface area contributed by atoms with Crippen LogP contribution in [0.25, 0.3) is 0 Å². The van der Waals surface area contributed by atoms with E-state index in [1.165, 1.54) is 13.0 Å². The van der Waals surface area contributed by atoms with Crippen molar-refractivity contribution in [2.24, 2.45) is 0 Å². The van der Waals surface area contributed by atoms with Crippen LogP contribution < -0.4 is 0 Å². The zero-order chi connectivity index (χ0) is 23.7. The van der Waals surface area contributed by atoms with Crippen LogP contribution in [-0.2, 0) is 24.3 Å². The summed E-state index contributed by atoms with van der Waals surface area (Å²) in [5, 5.41) is 0.461. The predicted molar refractivity (Wildman–Crippen MR) is 125 cm³/mol. The molecular weight excluding hydrogens is 431 g/mol. The highest BCUT2D eigenvalue weighted by Crippen LogP contribution is 2.16. The Morgan fingerprint density at radius 1 is 1.28 bits per heavy atom. The fourth-order valence-corrected chi connectivity index (χ4v) is 3.45. The third kappa shape index (κ3) is 7.28. The van der Waals surface area contributed by atoms with E-state index in [4.69, 9.17) is 11.6 Å². The SMILES string of the molecule is CCCc1ccc(Cl)cc1F.CCN(C)C/C=C/C(=O)N1CCn2c(C(C)=O)cnc2C1. The summed E-state index contributed by atoms with van der Waals surface area (Å²) in [6.07, 6.45) is 6.84. The van der Waals surface area contributed by atoms with Crippen molar-refractivity contribution in [2.75, 3.05) is 26.7 Å². The zero-order valence-corrected chi connectivity index (χ0v) is 20.0. The van der Waals surface area contributed by atoms with Crippen LogP contribution in [-0.4, -0.2) is 57.7 Å². The van der Waals surface area contributed by atoms with Crippen LogP contribution >= 0.6 is 11.6 Å². The van der Waals surface area contributed by atoms with Gasteiger partial charge in [0.05, 0.1) is 12.7 Å². The van der Waals surface area contributed by atoms with Gasteiger partial charge in [0.15, 0.2) is 5.78 Å². The zero-order valence-electron chi connectivity index (χ0n) is 19.3. The number of carbonyl (C=O) groups is 2. The Balaban J connectivity index is 0.000000278. The van der Waals surface area contributed by atoms with Crippen LogP contribution in [0.15, 0.2) is 36.5 Å². The lowest BCUT2D eigenvalue weighted by molar-refractivity contribution is -0.127. The van der Waals surface area contributed by atoms with Crippen molar-refractivity contribution >= 4 is 23.3 Å². The van der Waals surface area contributed by atoms with E-state index in [0.717, 1.165) is 37.3 Å². The lowest BCUT2D eigenvalue weighted by Crippen LogP contribution is -2.38. The molecule has 1 aliphatic rings. The predicted octanol–water partition coefficient (Wildman–Crippen LogP) is 4.37. The first kappa shape index (κ1) is 25.7. The second kappa shape index (κ2) is 12.5. The summed E-state index contributed by atoms with van der Waals surface area (Å²) in [6, 6.07) is 4.81. The van der Waals surface area contributed by atoms with Gasteiger partial charge in [-0.15, -0.1) is 0 Å². The maximum Gasteiger partial charge on any atom is 0.246 e. The van der Waals surface area contributed by atoms with Crippen molar-refractivity contribution in [3.05, 3.63) is 64.5 Å². The van der Waals surface area contributed by atoms with Gasteiger partial charge in [-0.25, -0.2) is 9.37 Å². The van der Waals surface area contributed by atoms with E-state index < -0.39 is 0 Å². The highest BCUT2D eigenvalue weighted by molar-refractivity contribution is 6.30. The molecule has 0 saturated heterocycles. The molecular formula is C24H32ClFN4O2. The molecule has 0 saturated carbocycles. The molecule has 0 aliphatic carbocycles. The number of rotatable bonds is 7. The number of hydrogen-bond acceptors (Lipinski definition) is 4. The number of ketones is 1. The van der Waals surface area contributed by atoms with Gasteiger partial charge in [-0.2, -0.15) is 0 Å². The number of benzene rings is 1. The summed E-state index contributed by atoms with van der Waals surface area (Å²) in [7, 11) is 2.01. The smallest absolute Gasteiger partial charge is 0.246 e. The minimum absolute atomic E-state index is 0.00173. The number of amides is 1.